The van der Waals surface area contributed by atoms with Crippen molar-refractivity contribution in [2.45, 2.75) is 31.1 Å². The van der Waals surface area contributed by atoms with Gasteiger partial charge >= 0.3 is 0 Å². The molecule has 0 unspecified atom stereocenters. The van der Waals surface area contributed by atoms with Crippen LogP contribution < -0.4 is 10.0 Å². The van der Waals surface area contributed by atoms with Crippen LogP contribution in [0.25, 0.3) is 0 Å². The first kappa shape index (κ1) is 15.1. The number of hydrogen-bond acceptors (Lipinski definition) is 7. The second kappa shape index (κ2) is 6.00. The van der Waals surface area contributed by atoms with Crippen LogP contribution in [0, 0.1) is 13.8 Å². The van der Waals surface area contributed by atoms with Gasteiger partial charge in [0.2, 0.25) is 5.89 Å². The summed E-state index contributed by atoms with van der Waals surface area (Å²) in [6.45, 7) is 4.20. The van der Waals surface area contributed by atoms with Gasteiger partial charge in [0.25, 0.3) is 10.0 Å². The Kier molecular flexibility index (Phi) is 4.53. The molecule has 2 heterocycles. The average Bonchev–Trinajstić information content (AvgIpc) is 2.95. The second-order valence-corrected chi connectivity index (χ2v) is 7.39. The standard InChI is InChI=1S/C11H16N4O3S2/c1-7-4-11(19-9(7)5-12-3)20(16,17)13-6-10-14-8(2)15-18-10/h4,12-13H,5-6H2,1-3H3. The fraction of sp³-hybridized carbons (Fsp3) is 0.455. The van der Waals surface area contributed by atoms with E-state index >= 15 is 0 Å². The van der Waals surface area contributed by atoms with Crippen LogP contribution in [-0.2, 0) is 23.1 Å². The van der Waals surface area contributed by atoms with Crippen LogP contribution in [-0.4, -0.2) is 25.6 Å². The quantitative estimate of drug-likeness (QED) is 0.823. The number of thiophene rings is 1. The van der Waals surface area contributed by atoms with Gasteiger partial charge in [-0.2, -0.15) is 4.98 Å². The molecule has 0 aliphatic rings. The van der Waals surface area contributed by atoms with Gasteiger partial charge in [0, 0.05) is 11.4 Å². The molecule has 20 heavy (non-hydrogen) atoms. The van der Waals surface area contributed by atoms with Crippen molar-refractivity contribution < 1.29 is 12.9 Å². The minimum Gasteiger partial charge on any atom is -0.338 e. The van der Waals surface area contributed by atoms with E-state index in [2.05, 4.69) is 20.2 Å². The number of sulfonamides is 1. The van der Waals surface area contributed by atoms with Crippen LogP contribution in [0.1, 0.15) is 22.2 Å². The Hall–Kier alpha value is -1.29. The van der Waals surface area contributed by atoms with E-state index in [-0.39, 0.29) is 16.6 Å². The molecule has 2 aromatic rings. The Bertz CT molecular complexity index is 690. The molecule has 0 spiro atoms. The predicted molar refractivity (Wildman–Crippen MR) is 74.9 cm³/mol. The third-order valence-corrected chi connectivity index (χ3v) is 5.70. The number of aryl methyl sites for hydroxylation is 2. The average molecular weight is 316 g/mol. The largest absolute Gasteiger partial charge is 0.338 e. The Morgan fingerprint density at radius 2 is 2.10 bits per heavy atom. The van der Waals surface area contributed by atoms with E-state index in [1.54, 1.807) is 13.0 Å². The van der Waals surface area contributed by atoms with Gasteiger partial charge < -0.3 is 9.84 Å². The van der Waals surface area contributed by atoms with Crippen molar-refractivity contribution in [3.8, 4) is 0 Å². The first-order chi connectivity index (χ1) is 9.42. The van der Waals surface area contributed by atoms with Gasteiger partial charge in [-0.05, 0) is 32.5 Å². The molecule has 0 saturated heterocycles. The molecule has 2 N–H and O–H groups in total. The number of hydrogen-bond donors (Lipinski definition) is 2. The Balaban J connectivity index is 2.11. The normalized spacial score (nSPS) is 11.9. The molecule has 0 aromatic carbocycles. The van der Waals surface area contributed by atoms with Crippen molar-refractivity contribution in [1.82, 2.24) is 20.2 Å². The molecule has 0 radical (unpaired) electrons. The molecule has 0 aliphatic carbocycles. The smallest absolute Gasteiger partial charge is 0.250 e. The highest BCUT2D eigenvalue weighted by Gasteiger charge is 2.19. The summed E-state index contributed by atoms with van der Waals surface area (Å²) >= 11 is 1.25. The highest BCUT2D eigenvalue weighted by atomic mass is 32.2. The molecule has 0 aliphatic heterocycles. The van der Waals surface area contributed by atoms with E-state index in [1.807, 2.05) is 14.0 Å². The van der Waals surface area contributed by atoms with Crippen LogP contribution in [0.15, 0.2) is 14.8 Å². The van der Waals surface area contributed by atoms with Crippen molar-refractivity contribution in [3.63, 3.8) is 0 Å². The summed E-state index contributed by atoms with van der Waals surface area (Å²) < 4.78 is 32.0. The highest BCUT2D eigenvalue weighted by Crippen LogP contribution is 2.25. The summed E-state index contributed by atoms with van der Waals surface area (Å²) in [4.78, 5) is 4.95. The third-order valence-electron chi connectivity index (χ3n) is 2.58. The third kappa shape index (κ3) is 3.42. The molecule has 2 aromatic heterocycles. The van der Waals surface area contributed by atoms with E-state index in [1.165, 1.54) is 11.3 Å². The number of nitrogens with one attached hydrogen (secondary N) is 2. The topological polar surface area (TPSA) is 97.1 Å². The predicted octanol–water partition coefficient (Wildman–Crippen LogP) is 0.946. The Morgan fingerprint density at radius 3 is 2.70 bits per heavy atom. The molecule has 2 rings (SSSR count). The second-order valence-electron chi connectivity index (χ2n) is 4.26. The lowest BCUT2D eigenvalue weighted by Gasteiger charge is -2.01. The summed E-state index contributed by atoms with van der Waals surface area (Å²) in [5.41, 5.74) is 0.957. The van der Waals surface area contributed by atoms with Crippen LogP contribution in [0.4, 0.5) is 0 Å². The van der Waals surface area contributed by atoms with Gasteiger partial charge in [-0.25, -0.2) is 13.1 Å². The summed E-state index contributed by atoms with van der Waals surface area (Å²) in [7, 11) is -1.73. The minimum atomic E-state index is -3.56. The number of rotatable bonds is 6. The first-order valence-electron chi connectivity index (χ1n) is 5.95. The molecule has 110 valence electrons. The summed E-state index contributed by atoms with van der Waals surface area (Å²) in [5, 5.41) is 6.62. The van der Waals surface area contributed by atoms with Gasteiger partial charge in [0.1, 0.15) is 4.21 Å². The maximum absolute atomic E-state index is 12.2. The minimum absolute atomic E-state index is 0.0124. The molecule has 0 atom stereocenters. The zero-order chi connectivity index (χ0) is 14.8. The van der Waals surface area contributed by atoms with Crippen LogP contribution in [0.3, 0.4) is 0 Å². The lowest BCUT2D eigenvalue weighted by molar-refractivity contribution is 0.372. The number of aromatic nitrogens is 2. The SMILES string of the molecule is CNCc1sc(S(=O)(=O)NCc2nc(C)no2)cc1C. The molecule has 7 nitrogen and oxygen atoms in total. The maximum atomic E-state index is 12.2. The molecular formula is C11H16N4O3S2. The molecule has 0 amide bonds. The monoisotopic (exact) mass is 316 g/mol. The molecule has 9 heteroatoms. The van der Waals surface area contributed by atoms with Crippen molar-refractivity contribution in [2.24, 2.45) is 0 Å². The van der Waals surface area contributed by atoms with E-state index in [9.17, 15) is 8.42 Å². The lowest BCUT2D eigenvalue weighted by Crippen LogP contribution is -2.22. The van der Waals surface area contributed by atoms with Gasteiger partial charge in [-0.15, -0.1) is 11.3 Å². The van der Waals surface area contributed by atoms with Crippen molar-refractivity contribution >= 4 is 21.4 Å². The summed E-state index contributed by atoms with van der Waals surface area (Å²) in [6.07, 6.45) is 0. The zero-order valence-corrected chi connectivity index (χ0v) is 13.1. The molecule has 0 fully saturated rings. The van der Waals surface area contributed by atoms with Gasteiger partial charge in [-0.1, -0.05) is 5.16 Å². The molecule has 0 bridgehead atoms. The first-order valence-corrected chi connectivity index (χ1v) is 8.25. The van der Waals surface area contributed by atoms with Crippen LogP contribution in [0.5, 0.6) is 0 Å². The van der Waals surface area contributed by atoms with E-state index in [4.69, 9.17) is 4.52 Å². The van der Waals surface area contributed by atoms with E-state index < -0.39 is 10.0 Å². The zero-order valence-electron chi connectivity index (χ0n) is 11.4. The maximum Gasteiger partial charge on any atom is 0.250 e. The van der Waals surface area contributed by atoms with Gasteiger partial charge in [-0.3, -0.25) is 0 Å². The van der Waals surface area contributed by atoms with Gasteiger partial charge in [0.15, 0.2) is 5.82 Å². The summed E-state index contributed by atoms with van der Waals surface area (Å²) in [5.74, 6) is 0.720. The lowest BCUT2D eigenvalue weighted by atomic mass is 10.3. The summed E-state index contributed by atoms with van der Waals surface area (Å²) in [6, 6.07) is 1.67. The fourth-order valence-corrected chi connectivity index (χ4v) is 4.22. The van der Waals surface area contributed by atoms with Crippen molar-refractivity contribution in [3.05, 3.63) is 28.2 Å². The Morgan fingerprint density at radius 1 is 1.35 bits per heavy atom. The molecule has 0 saturated carbocycles. The van der Waals surface area contributed by atoms with Crippen molar-refractivity contribution in [2.75, 3.05) is 7.05 Å². The van der Waals surface area contributed by atoms with Crippen LogP contribution >= 0.6 is 11.3 Å². The van der Waals surface area contributed by atoms with Crippen LogP contribution in [0.2, 0.25) is 0 Å². The van der Waals surface area contributed by atoms with Crippen molar-refractivity contribution in [1.29, 1.82) is 0 Å². The van der Waals surface area contributed by atoms with Gasteiger partial charge in [0.05, 0.1) is 6.54 Å². The highest BCUT2D eigenvalue weighted by molar-refractivity contribution is 7.91. The van der Waals surface area contributed by atoms with E-state index in [0.717, 1.165) is 10.4 Å². The number of nitrogens with zero attached hydrogens (tertiary/aromatic N) is 2. The molecular weight excluding hydrogens is 300 g/mol. The fourth-order valence-electron chi connectivity index (χ4n) is 1.60. The van der Waals surface area contributed by atoms with E-state index in [0.29, 0.717) is 12.4 Å². The Labute approximate surface area is 121 Å².